The van der Waals surface area contributed by atoms with Crippen LogP contribution in [0.2, 0.25) is 0 Å². The number of rotatable bonds is 3. The zero-order chi connectivity index (χ0) is 14.2. The Morgan fingerprint density at radius 3 is 2.65 bits per heavy atom. The highest BCUT2D eigenvalue weighted by Crippen LogP contribution is 2.43. The molecule has 4 atom stereocenters. The molecule has 4 nitrogen and oxygen atoms in total. The molecule has 4 heteroatoms. The molecule has 2 saturated heterocycles. The van der Waals surface area contributed by atoms with Crippen molar-refractivity contribution in [2.45, 2.75) is 56.9 Å². The van der Waals surface area contributed by atoms with Crippen LogP contribution in [-0.4, -0.2) is 35.8 Å². The molecule has 0 aromatic heterocycles. The Morgan fingerprint density at radius 2 is 1.95 bits per heavy atom. The van der Waals surface area contributed by atoms with Gasteiger partial charge in [-0.15, -0.1) is 0 Å². The van der Waals surface area contributed by atoms with Crippen LogP contribution in [0.3, 0.4) is 0 Å². The fraction of sp³-hybridized carbons (Fsp3) is 0.625. The maximum atomic E-state index is 9.17. The van der Waals surface area contributed by atoms with Gasteiger partial charge in [0.15, 0.2) is 5.79 Å². The van der Waals surface area contributed by atoms with Crippen LogP contribution in [0.5, 0.6) is 0 Å². The van der Waals surface area contributed by atoms with E-state index in [-0.39, 0.29) is 31.0 Å². The number of fused-ring (bicyclic) bond motifs is 1. The summed E-state index contributed by atoms with van der Waals surface area (Å²) in [6.07, 6.45) is 1.24. The molecule has 0 radical (unpaired) electrons. The van der Waals surface area contributed by atoms with Crippen molar-refractivity contribution in [3.63, 3.8) is 0 Å². The highest BCUT2D eigenvalue weighted by Gasteiger charge is 2.50. The number of benzene rings is 1. The Balaban J connectivity index is 1.86. The number of hydrogen-bond acceptors (Lipinski definition) is 4. The van der Waals surface area contributed by atoms with E-state index in [1.807, 2.05) is 32.0 Å². The van der Waals surface area contributed by atoms with Gasteiger partial charge in [-0.2, -0.15) is 0 Å². The molecule has 1 aromatic rings. The van der Waals surface area contributed by atoms with E-state index in [0.717, 1.165) is 12.0 Å². The molecule has 2 aliphatic heterocycles. The molecule has 110 valence electrons. The number of ether oxygens (including phenoxy) is 3. The third-order valence-corrected chi connectivity index (χ3v) is 3.93. The minimum atomic E-state index is -0.570. The van der Waals surface area contributed by atoms with Gasteiger partial charge in [0.25, 0.3) is 0 Å². The number of aliphatic hydroxyl groups is 1. The first-order chi connectivity index (χ1) is 9.59. The van der Waals surface area contributed by atoms with Crippen LogP contribution in [-0.2, 0) is 14.2 Å². The van der Waals surface area contributed by atoms with Gasteiger partial charge >= 0.3 is 0 Å². The third kappa shape index (κ3) is 2.74. The van der Waals surface area contributed by atoms with Gasteiger partial charge in [0.1, 0.15) is 12.2 Å². The van der Waals surface area contributed by atoms with E-state index in [9.17, 15) is 0 Å². The highest BCUT2D eigenvalue weighted by atomic mass is 16.8. The standard InChI is InChI=1S/C16H22O4/c1-16(2)19-13-10-12(8-9-17)18-14(15(13)20-16)11-6-4-3-5-7-11/h3-7,12-15,17H,8-10H2,1-2H3/t12-,13+,14-,15+/m1/s1. The largest absolute Gasteiger partial charge is 0.396 e. The summed E-state index contributed by atoms with van der Waals surface area (Å²) in [6.45, 7) is 4.01. The molecule has 1 N–H and O–H groups in total. The second kappa shape index (κ2) is 5.45. The Bertz CT molecular complexity index is 445. The van der Waals surface area contributed by atoms with E-state index in [1.165, 1.54) is 0 Å². The molecule has 2 heterocycles. The molecule has 0 unspecified atom stereocenters. The molecule has 0 aliphatic carbocycles. The van der Waals surface area contributed by atoms with Crippen molar-refractivity contribution in [1.29, 1.82) is 0 Å². The summed E-state index contributed by atoms with van der Waals surface area (Å²) in [4.78, 5) is 0. The summed E-state index contributed by atoms with van der Waals surface area (Å²) < 4.78 is 18.2. The maximum absolute atomic E-state index is 9.17. The molecular formula is C16H22O4. The molecular weight excluding hydrogens is 256 g/mol. The fourth-order valence-corrected chi connectivity index (χ4v) is 3.14. The quantitative estimate of drug-likeness (QED) is 0.922. The number of hydrogen-bond donors (Lipinski definition) is 1. The van der Waals surface area contributed by atoms with E-state index in [1.54, 1.807) is 0 Å². The van der Waals surface area contributed by atoms with Crippen LogP contribution in [0.4, 0.5) is 0 Å². The minimum Gasteiger partial charge on any atom is -0.396 e. The predicted octanol–water partition coefficient (Wildman–Crippen LogP) is 2.42. The van der Waals surface area contributed by atoms with E-state index < -0.39 is 5.79 Å². The van der Waals surface area contributed by atoms with Gasteiger partial charge < -0.3 is 19.3 Å². The Morgan fingerprint density at radius 1 is 1.20 bits per heavy atom. The van der Waals surface area contributed by atoms with Crippen molar-refractivity contribution in [3.8, 4) is 0 Å². The molecule has 0 spiro atoms. The topological polar surface area (TPSA) is 47.9 Å². The second-order valence-corrected chi connectivity index (χ2v) is 5.98. The van der Waals surface area contributed by atoms with Crippen LogP contribution >= 0.6 is 0 Å². The van der Waals surface area contributed by atoms with Crippen molar-refractivity contribution in [2.24, 2.45) is 0 Å². The molecule has 0 saturated carbocycles. The van der Waals surface area contributed by atoms with Crippen molar-refractivity contribution in [2.75, 3.05) is 6.61 Å². The van der Waals surface area contributed by atoms with Crippen LogP contribution in [0.1, 0.15) is 38.4 Å². The average molecular weight is 278 g/mol. The Kier molecular flexibility index (Phi) is 3.82. The molecule has 20 heavy (non-hydrogen) atoms. The molecule has 2 fully saturated rings. The summed E-state index contributed by atoms with van der Waals surface area (Å²) in [5, 5.41) is 9.17. The lowest BCUT2D eigenvalue weighted by Crippen LogP contribution is -2.42. The zero-order valence-corrected chi connectivity index (χ0v) is 12.0. The van der Waals surface area contributed by atoms with Gasteiger partial charge in [-0.05, 0) is 25.8 Å². The summed E-state index contributed by atoms with van der Waals surface area (Å²) in [6, 6.07) is 10.1. The van der Waals surface area contributed by atoms with Crippen molar-refractivity contribution < 1.29 is 19.3 Å². The van der Waals surface area contributed by atoms with Crippen LogP contribution in [0.15, 0.2) is 30.3 Å². The average Bonchev–Trinajstić information content (AvgIpc) is 2.73. The SMILES string of the molecule is CC1(C)O[C@H]2[C@H](C[C@@H](CCO)O[C@@H]2c2ccccc2)O1. The molecule has 0 bridgehead atoms. The first-order valence-corrected chi connectivity index (χ1v) is 7.26. The van der Waals surface area contributed by atoms with Crippen molar-refractivity contribution >= 4 is 0 Å². The summed E-state index contributed by atoms with van der Waals surface area (Å²) >= 11 is 0. The van der Waals surface area contributed by atoms with Crippen molar-refractivity contribution in [1.82, 2.24) is 0 Å². The maximum Gasteiger partial charge on any atom is 0.163 e. The predicted molar refractivity (Wildman–Crippen MR) is 74.2 cm³/mol. The third-order valence-electron chi connectivity index (χ3n) is 3.93. The minimum absolute atomic E-state index is 0.0176. The van der Waals surface area contributed by atoms with Crippen LogP contribution in [0.25, 0.3) is 0 Å². The summed E-state index contributed by atoms with van der Waals surface area (Å²) in [5.41, 5.74) is 1.10. The monoisotopic (exact) mass is 278 g/mol. The Labute approximate surface area is 119 Å². The van der Waals surface area contributed by atoms with Gasteiger partial charge in [-0.25, -0.2) is 0 Å². The first kappa shape index (κ1) is 14.0. The van der Waals surface area contributed by atoms with Crippen LogP contribution < -0.4 is 0 Å². The van der Waals surface area contributed by atoms with Gasteiger partial charge in [0.05, 0.1) is 12.2 Å². The van der Waals surface area contributed by atoms with Crippen molar-refractivity contribution in [3.05, 3.63) is 35.9 Å². The second-order valence-electron chi connectivity index (χ2n) is 5.98. The van der Waals surface area contributed by atoms with E-state index >= 15 is 0 Å². The fourth-order valence-electron chi connectivity index (χ4n) is 3.14. The highest BCUT2D eigenvalue weighted by molar-refractivity contribution is 5.20. The van der Waals surface area contributed by atoms with Gasteiger partial charge in [0.2, 0.25) is 0 Å². The zero-order valence-electron chi connectivity index (χ0n) is 12.0. The lowest BCUT2D eigenvalue weighted by Gasteiger charge is -2.37. The van der Waals surface area contributed by atoms with E-state index in [0.29, 0.717) is 6.42 Å². The summed E-state index contributed by atoms with van der Waals surface area (Å²) in [7, 11) is 0. The Hall–Kier alpha value is -0.940. The molecule has 0 amide bonds. The van der Waals surface area contributed by atoms with Gasteiger partial charge in [-0.1, -0.05) is 30.3 Å². The molecule has 1 aromatic carbocycles. The lowest BCUT2D eigenvalue weighted by molar-refractivity contribution is -0.161. The van der Waals surface area contributed by atoms with Gasteiger partial charge in [-0.3, -0.25) is 0 Å². The van der Waals surface area contributed by atoms with E-state index in [4.69, 9.17) is 19.3 Å². The molecule has 3 rings (SSSR count). The van der Waals surface area contributed by atoms with E-state index in [2.05, 4.69) is 12.1 Å². The number of aliphatic hydroxyl groups excluding tert-OH is 1. The summed E-state index contributed by atoms with van der Waals surface area (Å²) in [5.74, 6) is -0.570. The normalized spacial score (nSPS) is 35.8. The first-order valence-electron chi connectivity index (χ1n) is 7.26. The smallest absolute Gasteiger partial charge is 0.163 e. The lowest BCUT2D eigenvalue weighted by atomic mass is 9.92. The van der Waals surface area contributed by atoms with Crippen LogP contribution in [0, 0.1) is 0 Å². The molecule has 2 aliphatic rings. The van der Waals surface area contributed by atoms with Gasteiger partial charge in [0, 0.05) is 13.0 Å².